The van der Waals surface area contributed by atoms with E-state index in [4.69, 9.17) is 9.47 Å². The molecule has 0 bridgehead atoms. The van der Waals surface area contributed by atoms with Crippen LogP contribution in [0.3, 0.4) is 0 Å². The highest BCUT2D eigenvalue weighted by molar-refractivity contribution is 7.98. The first kappa shape index (κ1) is 22.9. The summed E-state index contributed by atoms with van der Waals surface area (Å²) in [5.41, 5.74) is 2.17. The lowest BCUT2D eigenvalue weighted by atomic mass is 10.2. The van der Waals surface area contributed by atoms with Gasteiger partial charge in [-0.05, 0) is 46.8 Å². The summed E-state index contributed by atoms with van der Waals surface area (Å²) in [6.07, 6.45) is -4.75. The number of halogens is 3. The number of benzene rings is 2. The molecule has 2 aromatic heterocycles. The Morgan fingerprint density at radius 3 is 2.48 bits per heavy atom. The van der Waals surface area contributed by atoms with Gasteiger partial charge < -0.3 is 14.2 Å². The van der Waals surface area contributed by atoms with Crippen molar-refractivity contribution >= 4 is 23.1 Å². The zero-order chi connectivity index (χ0) is 23.4. The number of thiazole rings is 1. The number of alkyl halides is 3. The van der Waals surface area contributed by atoms with Crippen LogP contribution in [-0.4, -0.2) is 45.8 Å². The lowest BCUT2D eigenvalue weighted by Gasteiger charge is -2.09. The van der Waals surface area contributed by atoms with Crippen LogP contribution in [0, 0.1) is 0 Å². The average molecular weight is 496 g/mol. The Morgan fingerprint density at radius 2 is 1.79 bits per heavy atom. The molecule has 0 aliphatic rings. The fraction of sp³-hybridized carbons (Fsp3) is 0.200. The van der Waals surface area contributed by atoms with Crippen LogP contribution in [0.15, 0.2) is 53.0 Å². The summed E-state index contributed by atoms with van der Waals surface area (Å²) in [5.74, 6) is 1.51. The summed E-state index contributed by atoms with van der Waals surface area (Å²) in [4.78, 5) is 4.67. The summed E-state index contributed by atoms with van der Waals surface area (Å²) >= 11 is 2.83. The summed E-state index contributed by atoms with van der Waals surface area (Å²) in [6.45, 7) is 0. The lowest BCUT2D eigenvalue weighted by Crippen LogP contribution is -2.17. The van der Waals surface area contributed by atoms with E-state index >= 15 is 0 Å². The van der Waals surface area contributed by atoms with Crippen molar-refractivity contribution in [2.75, 3.05) is 14.2 Å². The monoisotopic (exact) mass is 495 g/mol. The predicted molar refractivity (Wildman–Crippen MR) is 116 cm³/mol. The smallest absolute Gasteiger partial charge is 0.497 e. The zero-order valence-electron chi connectivity index (χ0n) is 17.2. The molecular weight excluding hydrogens is 479 g/mol. The molecule has 0 fully saturated rings. The summed E-state index contributed by atoms with van der Waals surface area (Å²) in [6, 6.07) is 10.8. The highest BCUT2D eigenvalue weighted by Crippen LogP contribution is 2.36. The van der Waals surface area contributed by atoms with Crippen LogP contribution in [0.4, 0.5) is 13.2 Å². The Balaban J connectivity index is 1.46. The van der Waals surface area contributed by atoms with Gasteiger partial charge in [-0.25, -0.2) is 4.98 Å². The molecule has 0 aliphatic carbocycles. The van der Waals surface area contributed by atoms with Gasteiger partial charge in [-0.2, -0.15) is 4.68 Å². The Bertz CT molecular complexity index is 1230. The third-order valence-corrected chi connectivity index (χ3v) is 6.17. The number of hydrogen-bond acceptors (Lipinski definition) is 9. The molecule has 0 unspecified atom stereocenters. The van der Waals surface area contributed by atoms with E-state index in [1.165, 1.54) is 52.0 Å². The second-order valence-electron chi connectivity index (χ2n) is 6.41. The summed E-state index contributed by atoms with van der Waals surface area (Å²) in [5, 5.41) is 14.8. The molecule has 0 saturated heterocycles. The number of thioether (sulfide) groups is 1. The number of ether oxygens (including phenoxy) is 3. The van der Waals surface area contributed by atoms with Crippen molar-refractivity contribution in [1.82, 2.24) is 25.2 Å². The molecule has 0 atom stereocenters. The van der Waals surface area contributed by atoms with Crippen molar-refractivity contribution < 1.29 is 27.4 Å². The van der Waals surface area contributed by atoms with Gasteiger partial charge in [0.1, 0.15) is 22.3 Å². The van der Waals surface area contributed by atoms with Gasteiger partial charge >= 0.3 is 6.36 Å². The third-order valence-electron chi connectivity index (χ3n) is 4.30. The SMILES string of the molecule is COc1ccc(-c2nc(CSc3nnnn3-c3ccc(OC(F)(F)F)cc3)cs2)c(OC)c1. The van der Waals surface area contributed by atoms with E-state index in [1.54, 1.807) is 20.3 Å². The largest absolute Gasteiger partial charge is 0.573 e. The van der Waals surface area contributed by atoms with E-state index in [9.17, 15) is 13.2 Å². The van der Waals surface area contributed by atoms with Crippen LogP contribution in [0.5, 0.6) is 17.2 Å². The highest BCUT2D eigenvalue weighted by atomic mass is 32.2. The van der Waals surface area contributed by atoms with Crippen molar-refractivity contribution in [3.63, 3.8) is 0 Å². The first-order valence-corrected chi connectivity index (χ1v) is 11.2. The molecule has 8 nitrogen and oxygen atoms in total. The minimum atomic E-state index is -4.75. The van der Waals surface area contributed by atoms with E-state index in [0.717, 1.165) is 16.3 Å². The van der Waals surface area contributed by atoms with Crippen molar-refractivity contribution in [1.29, 1.82) is 0 Å². The number of nitrogens with zero attached hydrogens (tertiary/aromatic N) is 5. The second-order valence-corrected chi connectivity index (χ2v) is 8.21. The van der Waals surface area contributed by atoms with Gasteiger partial charge in [0, 0.05) is 17.2 Å². The van der Waals surface area contributed by atoms with E-state index in [2.05, 4.69) is 25.2 Å². The predicted octanol–water partition coefficient (Wildman–Crippen LogP) is 4.99. The van der Waals surface area contributed by atoms with Crippen LogP contribution in [0.1, 0.15) is 5.69 Å². The number of aromatic nitrogens is 5. The van der Waals surface area contributed by atoms with Gasteiger partial charge in [0.05, 0.1) is 31.2 Å². The zero-order valence-corrected chi connectivity index (χ0v) is 18.9. The molecule has 0 saturated carbocycles. The first-order valence-electron chi connectivity index (χ1n) is 9.30. The molecule has 13 heteroatoms. The molecule has 4 aromatic rings. The number of methoxy groups -OCH3 is 2. The molecule has 0 N–H and O–H groups in total. The highest BCUT2D eigenvalue weighted by Gasteiger charge is 2.31. The molecule has 0 spiro atoms. The van der Waals surface area contributed by atoms with Gasteiger partial charge in [-0.3, -0.25) is 0 Å². The summed E-state index contributed by atoms with van der Waals surface area (Å²) in [7, 11) is 3.18. The average Bonchev–Trinajstić information content (AvgIpc) is 3.46. The quantitative estimate of drug-likeness (QED) is 0.316. The van der Waals surface area contributed by atoms with Gasteiger partial charge in [0.2, 0.25) is 5.16 Å². The number of hydrogen-bond donors (Lipinski definition) is 0. The molecule has 0 amide bonds. The molecule has 0 aliphatic heterocycles. The van der Waals surface area contributed by atoms with Crippen LogP contribution >= 0.6 is 23.1 Å². The fourth-order valence-corrected chi connectivity index (χ4v) is 4.57. The molecule has 4 rings (SSSR count). The van der Waals surface area contributed by atoms with Gasteiger partial charge in [-0.1, -0.05) is 11.8 Å². The number of rotatable bonds is 8. The maximum Gasteiger partial charge on any atom is 0.573 e. The maximum atomic E-state index is 12.3. The van der Waals surface area contributed by atoms with Gasteiger partial charge in [-0.15, -0.1) is 29.6 Å². The van der Waals surface area contributed by atoms with Crippen LogP contribution in [-0.2, 0) is 5.75 Å². The Morgan fingerprint density at radius 1 is 1.03 bits per heavy atom. The molecule has 172 valence electrons. The van der Waals surface area contributed by atoms with Crippen molar-refractivity contribution in [2.24, 2.45) is 0 Å². The maximum absolute atomic E-state index is 12.3. The molecule has 2 aromatic carbocycles. The van der Waals surface area contributed by atoms with E-state index in [1.807, 2.05) is 17.5 Å². The van der Waals surface area contributed by atoms with Gasteiger partial charge in [0.15, 0.2) is 0 Å². The number of tetrazole rings is 1. The standard InChI is InChI=1S/C20H16F3N5O3S2/c1-29-15-7-8-16(17(9-15)30-2)18-24-12(10-32-18)11-33-19-25-26-27-28(19)13-3-5-14(6-4-13)31-20(21,22)23/h3-10H,11H2,1-2H3. The first-order chi connectivity index (χ1) is 15.9. The van der Waals surface area contributed by atoms with E-state index in [-0.39, 0.29) is 5.75 Å². The fourth-order valence-electron chi connectivity index (χ4n) is 2.83. The molecule has 0 radical (unpaired) electrons. The lowest BCUT2D eigenvalue weighted by molar-refractivity contribution is -0.274. The molecule has 2 heterocycles. The second kappa shape index (κ2) is 9.67. The Labute approximate surface area is 194 Å². The summed E-state index contributed by atoms with van der Waals surface area (Å²) < 4.78 is 53.0. The normalized spacial score (nSPS) is 11.4. The topological polar surface area (TPSA) is 84.2 Å². The van der Waals surface area contributed by atoms with Crippen molar-refractivity contribution in [3.8, 4) is 33.5 Å². The van der Waals surface area contributed by atoms with Crippen LogP contribution < -0.4 is 14.2 Å². The van der Waals surface area contributed by atoms with Crippen molar-refractivity contribution in [3.05, 3.63) is 53.5 Å². The Hall–Kier alpha value is -3.32. The van der Waals surface area contributed by atoms with Crippen LogP contribution in [0.25, 0.3) is 16.3 Å². The van der Waals surface area contributed by atoms with Crippen LogP contribution in [0.2, 0.25) is 0 Å². The Kier molecular flexibility index (Phi) is 6.70. The van der Waals surface area contributed by atoms with Gasteiger partial charge in [0.25, 0.3) is 0 Å². The van der Waals surface area contributed by atoms with E-state index < -0.39 is 6.36 Å². The third kappa shape index (κ3) is 5.54. The minimum absolute atomic E-state index is 0.322. The molecule has 33 heavy (non-hydrogen) atoms. The van der Waals surface area contributed by atoms with E-state index in [0.29, 0.717) is 28.1 Å². The molecular formula is C20H16F3N5O3S2. The minimum Gasteiger partial charge on any atom is -0.497 e. The van der Waals surface area contributed by atoms with Crippen molar-refractivity contribution in [2.45, 2.75) is 17.3 Å².